The molecule has 1 heterocycles. The van der Waals surface area contributed by atoms with Crippen molar-refractivity contribution in [3.8, 4) is 16.2 Å². The lowest BCUT2D eigenvalue weighted by atomic mass is 10.1. The highest BCUT2D eigenvalue weighted by atomic mass is 32.1. The topological polar surface area (TPSA) is 32.6 Å². The van der Waals surface area contributed by atoms with Crippen molar-refractivity contribution in [3.05, 3.63) is 41.3 Å². The molecule has 0 bridgehead atoms. The lowest BCUT2D eigenvalue weighted by molar-refractivity contribution is 0.474. The minimum atomic E-state index is 0.288. The molecule has 2 nitrogen and oxygen atoms in total. The Morgan fingerprint density at radius 3 is 2.94 bits per heavy atom. The van der Waals surface area contributed by atoms with Crippen molar-refractivity contribution in [1.29, 1.82) is 0 Å². The lowest BCUT2D eigenvalue weighted by Gasteiger charge is -2.02. The Balaban J connectivity index is 2.19. The van der Waals surface area contributed by atoms with Crippen LogP contribution >= 0.6 is 11.3 Å². The molecule has 94 valence electrons. The van der Waals surface area contributed by atoms with Gasteiger partial charge in [-0.05, 0) is 41.6 Å². The maximum absolute atomic E-state index is 9.80. The van der Waals surface area contributed by atoms with E-state index in [-0.39, 0.29) is 5.75 Å². The second-order valence-corrected chi connectivity index (χ2v) is 5.09. The number of phenols is 1. The first-order valence-electron chi connectivity index (χ1n) is 6.18. The number of hydrogen-bond donors (Lipinski definition) is 1. The fourth-order valence-corrected chi connectivity index (χ4v) is 2.39. The smallest absolute Gasteiger partial charge is 0.124 e. The molecular weight excluding hydrogens is 242 g/mol. The Morgan fingerprint density at radius 1 is 1.33 bits per heavy atom. The summed E-state index contributed by atoms with van der Waals surface area (Å²) >= 11 is 1.70. The molecule has 0 unspecified atom stereocenters. The third-order valence-corrected chi connectivity index (χ3v) is 3.62. The standard InChI is InChI=1S/C15H17NOS/c1-2-3-8-16-11-13-10-12(6-7-14(13)17)15-5-4-9-18-15/h4-7,9-11,17H,2-3,8H2,1H3. The van der Waals surface area contributed by atoms with Crippen LogP contribution in [-0.2, 0) is 0 Å². The van der Waals surface area contributed by atoms with Crippen LogP contribution in [0, 0.1) is 0 Å². The Bertz CT molecular complexity index is 517. The van der Waals surface area contributed by atoms with Crippen LogP contribution in [0.4, 0.5) is 0 Å². The van der Waals surface area contributed by atoms with Crippen LogP contribution in [0.2, 0.25) is 0 Å². The quantitative estimate of drug-likeness (QED) is 0.628. The van der Waals surface area contributed by atoms with Gasteiger partial charge in [-0.3, -0.25) is 4.99 Å². The van der Waals surface area contributed by atoms with Crippen LogP contribution in [0.15, 0.2) is 40.7 Å². The van der Waals surface area contributed by atoms with Crippen molar-refractivity contribution in [2.75, 3.05) is 6.54 Å². The average Bonchev–Trinajstić information content (AvgIpc) is 2.90. The molecule has 18 heavy (non-hydrogen) atoms. The summed E-state index contributed by atoms with van der Waals surface area (Å²) in [4.78, 5) is 5.54. The van der Waals surface area contributed by atoms with Crippen molar-refractivity contribution in [3.63, 3.8) is 0 Å². The van der Waals surface area contributed by atoms with Gasteiger partial charge in [-0.25, -0.2) is 0 Å². The number of phenolic OH excluding ortho intramolecular Hbond substituents is 1. The maximum atomic E-state index is 9.80. The van der Waals surface area contributed by atoms with E-state index in [1.807, 2.05) is 18.2 Å². The Morgan fingerprint density at radius 2 is 2.22 bits per heavy atom. The van der Waals surface area contributed by atoms with Gasteiger partial charge in [0.05, 0.1) is 0 Å². The molecule has 0 aliphatic heterocycles. The summed E-state index contributed by atoms with van der Waals surface area (Å²) in [6.45, 7) is 2.96. The van der Waals surface area contributed by atoms with E-state index in [0.717, 1.165) is 30.5 Å². The molecule has 2 aromatic rings. The molecular formula is C15H17NOS. The predicted molar refractivity (Wildman–Crippen MR) is 78.8 cm³/mol. The van der Waals surface area contributed by atoms with Crippen molar-refractivity contribution in [2.24, 2.45) is 4.99 Å². The highest BCUT2D eigenvalue weighted by Crippen LogP contribution is 2.28. The molecule has 2 rings (SSSR count). The van der Waals surface area contributed by atoms with E-state index in [4.69, 9.17) is 0 Å². The summed E-state index contributed by atoms with van der Waals surface area (Å²) in [5.74, 6) is 0.288. The van der Waals surface area contributed by atoms with Crippen molar-refractivity contribution in [2.45, 2.75) is 19.8 Å². The first-order chi connectivity index (χ1) is 8.81. The van der Waals surface area contributed by atoms with Crippen molar-refractivity contribution < 1.29 is 5.11 Å². The molecule has 0 radical (unpaired) electrons. The van der Waals surface area contributed by atoms with E-state index in [9.17, 15) is 5.11 Å². The van der Waals surface area contributed by atoms with Gasteiger partial charge in [0, 0.05) is 23.2 Å². The predicted octanol–water partition coefficient (Wildman–Crippen LogP) is 4.34. The van der Waals surface area contributed by atoms with E-state index in [1.165, 1.54) is 4.88 Å². The molecule has 1 N–H and O–H groups in total. The number of benzene rings is 1. The van der Waals surface area contributed by atoms with Crippen LogP contribution in [0.5, 0.6) is 5.75 Å². The molecule has 0 amide bonds. The lowest BCUT2D eigenvalue weighted by Crippen LogP contribution is -1.86. The zero-order valence-electron chi connectivity index (χ0n) is 10.5. The van der Waals surface area contributed by atoms with Gasteiger partial charge in [-0.1, -0.05) is 19.4 Å². The zero-order chi connectivity index (χ0) is 12.8. The van der Waals surface area contributed by atoms with Crippen LogP contribution in [0.25, 0.3) is 10.4 Å². The summed E-state index contributed by atoms with van der Waals surface area (Å²) in [5.41, 5.74) is 1.91. The van der Waals surface area contributed by atoms with Gasteiger partial charge in [0.1, 0.15) is 5.75 Å². The van der Waals surface area contributed by atoms with E-state index in [2.05, 4.69) is 23.4 Å². The second kappa shape index (κ2) is 6.36. The van der Waals surface area contributed by atoms with Crippen LogP contribution in [0.1, 0.15) is 25.3 Å². The van der Waals surface area contributed by atoms with Crippen molar-refractivity contribution >= 4 is 17.6 Å². The summed E-state index contributed by atoms with van der Waals surface area (Å²) in [7, 11) is 0. The monoisotopic (exact) mass is 259 g/mol. The Hall–Kier alpha value is -1.61. The molecule has 0 atom stereocenters. The highest BCUT2D eigenvalue weighted by molar-refractivity contribution is 7.13. The Labute approximate surface area is 112 Å². The first kappa shape index (κ1) is 12.8. The number of aliphatic imine (C=N–C) groups is 1. The number of aromatic hydroxyl groups is 1. The van der Waals surface area contributed by atoms with Crippen LogP contribution in [0.3, 0.4) is 0 Å². The van der Waals surface area contributed by atoms with Crippen molar-refractivity contribution in [1.82, 2.24) is 0 Å². The number of hydrogen-bond acceptors (Lipinski definition) is 3. The summed E-state index contributed by atoms with van der Waals surface area (Å²) in [6.07, 6.45) is 3.99. The summed E-state index contributed by atoms with van der Waals surface area (Å²) < 4.78 is 0. The fraction of sp³-hybridized carbons (Fsp3) is 0.267. The molecule has 0 fully saturated rings. The van der Waals surface area contributed by atoms with E-state index in [0.29, 0.717) is 0 Å². The Kier molecular flexibility index (Phi) is 4.53. The summed E-state index contributed by atoms with van der Waals surface area (Å²) in [5, 5.41) is 11.9. The van der Waals surface area contributed by atoms with Gasteiger partial charge >= 0.3 is 0 Å². The number of thiophene rings is 1. The first-order valence-corrected chi connectivity index (χ1v) is 7.06. The van der Waals surface area contributed by atoms with Crippen LogP contribution < -0.4 is 0 Å². The van der Waals surface area contributed by atoms with E-state index in [1.54, 1.807) is 23.6 Å². The van der Waals surface area contributed by atoms with Gasteiger partial charge < -0.3 is 5.11 Å². The molecule has 3 heteroatoms. The van der Waals surface area contributed by atoms with Crippen LogP contribution in [-0.4, -0.2) is 17.9 Å². The maximum Gasteiger partial charge on any atom is 0.124 e. The SMILES string of the molecule is CCCCN=Cc1cc(-c2cccs2)ccc1O. The highest BCUT2D eigenvalue weighted by Gasteiger charge is 2.03. The molecule has 0 aliphatic rings. The molecule has 1 aromatic carbocycles. The van der Waals surface area contributed by atoms with Gasteiger partial charge in [-0.15, -0.1) is 11.3 Å². The molecule has 0 aliphatic carbocycles. The zero-order valence-corrected chi connectivity index (χ0v) is 11.3. The van der Waals surface area contributed by atoms with E-state index >= 15 is 0 Å². The van der Waals surface area contributed by atoms with Gasteiger partial charge in [0.25, 0.3) is 0 Å². The third-order valence-electron chi connectivity index (χ3n) is 2.70. The van der Waals surface area contributed by atoms with Gasteiger partial charge in [-0.2, -0.15) is 0 Å². The average molecular weight is 259 g/mol. The summed E-state index contributed by atoms with van der Waals surface area (Å²) in [6, 6.07) is 9.76. The molecule has 0 saturated carbocycles. The fourth-order valence-electron chi connectivity index (χ4n) is 1.67. The number of nitrogens with zero attached hydrogens (tertiary/aromatic N) is 1. The molecule has 0 spiro atoms. The minimum Gasteiger partial charge on any atom is -0.507 e. The minimum absolute atomic E-state index is 0.288. The van der Waals surface area contributed by atoms with E-state index < -0.39 is 0 Å². The molecule has 1 aromatic heterocycles. The third kappa shape index (κ3) is 3.20. The molecule has 0 saturated heterocycles. The second-order valence-electron chi connectivity index (χ2n) is 4.14. The van der Waals surface area contributed by atoms with Gasteiger partial charge in [0.2, 0.25) is 0 Å². The number of rotatable bonds is 5. The largest absolute Gasteiger partial charge is 0.507 e. The normalized spacial score (nSPS) is 11.2. The van der Waals surface area contributed by atoms with Gasteiger partial charge in [0.15, 0.2) is 0 Å². The number of unbranched alkanes of at least 4 members (excludes halogenated alkanes) is 1.